The standard InChI is InChI=1S/C15H23NO3S/c1-15(9-17,10-18)8-16(2)14(19)12-4-3-5-13-11(12)6-7-20-13/h6-7,12,17-18H,3-5,8-10H2,1-2H3. The minimum atomic E-state index is -0.642. The Morgan fingerprint density at radius 1 is 1.50 bits per heavy atom. The highest BCUT2D eigenvalue weighted by atomic mass is 32.1. The number of nitrogens with zero attached hydrogens (tertiary/aromatic N) is 1. The number of carbonyl (C=O) groups is 1. The third kappa shape index (κ3) is 3.05. The highest BCUT2D eigenvalue weighted by Crippen LogP contribution is 2.36. The number of hydrogen-bond acceptors (Lipinski definition) is 4. The van der Waals surface area contributed by atoms with Crippen LogP contribution in [-0.2, 0) is 11.2 Å². The molecule has 0 bridgehead atoms. The van der Waals surface area contributed by atoms with Crippen molar-refractivity contribution in [1.29, 1.82) is 0 Å². The summed E-state index contributed by atoms with van der Waals surface area (Å²) in [5.74, 6) is 0.0362. The minimum absolute atomic E-state index is 0.0587. The highest BCUT2D eigenvalue weighted by molar-refractivity contribution is 7.10. The van der Waals surface area contributed by atoms with Crippen molar-refractivity contribution in [2.75, 3.05) is 26.8 Å². The van der Waals surface area contributed by atoms with Crippen molar-refractivity contribution in [1.82, 2.24) is 4.90 Å². The SMILES string of the molecule is CN(CC(C)(CO)CO)C(=O)C1CCCc2sccc21. The lowest BCUT2D eigenvalue weighted by atomic mass is 9.86. The molecule has 1 amide bonds. The molecule has 1 aliphatic rings. The molecule has 0 aromatic carbocycles. The molecule has 2 rings (SSSR count). The number of aliphatic hydroxyl groups is 2. The van der Waals surface area contributed by atoms with Crippen molar-refractivity contribution < 1.29 is 15.0 Å². The van der Waals surface area contributed by atoms with Crippen LogP contribution in [0.4, 0.5) is 0 Å². The molecule has 2 N–H and O–H groups in total. The third-order valence-corrected chi connectivity index (χ3v) is 5.11. The number of thiophene rings is 1. The number of amides is 1. The summed E-state index contributed by atoms with van der Waals surface area (Å²) < 4.78 is 0. The van der Waals surface area contributed by atoms with E-state index >= 15 is 0 Å². The molecule has 1 aromatic heterocycles. The predicted octanol–water partition coefficient (Wildman–Crippen LogP) is 1.62. The van der Waals surface area contributed by atoms with E-state index in [1.165, 1.54) is 10.4 Å². The lowest BCUT2D eigenvalue weighted by Crippen LogP contribution is -2.43. The minimum Gasteiger partial charge on any atom is -0.396 e. The molecule has 1 aromatic rings. The summed E-state index contributed by atoms with van der Waals surface area (Å²) in [6, 6.07) is 2.06. The van der Waals surface area contributed by atoms with Gasteiger partial charge in [0.05, 0.1) is 19.1 Å². The molecule has 5 heteroatoms. The van der Waals surface area contributed by atoms with Gasteiger partial charge in [-0.2, -0.15) is 0 Å². The fraction of sp³-hybridized carbons (Fsp3) is 0.667. The summed E-state index contributed by atoms with van der Waals surface area (Å²) in [6.07, 6.45) is 3.02. The van der Waals surface area contributed by atoms with E-state index < -0.39 is 5.41 Å². The topological polar surface area (TPSA) is 60.8 Å². The second-order valence-corrected chi connectivity index (χ2v) is 7.07. The molecule has 20 heavy (non-hydrogen) atoms. The van der Waals surface area contributed by atoms with E-state index in [2.05, 4.69) is 11.4 Å². The van der Waals surface area contributed by atoms with Crippen LogP contribution in [0.5, 0.6) is 0 Å². The van der Waals surface area contributed by atoms with Gasteiger partial charge >= 0.3 is 0 Å². The van der Waals surface area contributed by atoms with Gasteiger partial charge in [0.2, 0.25) is 5.91 Å². The van der Waals surface area contributed by atoms with Gasteiger partial charge in [-0.3, -0.25) is 4.79 Å². The van der Waals surface area contributed by atoms with E-state index in [1.54, 1.807) is 30.2 Å². The normalized spacial score (nSPS) is 18.7. The molecule has 1 heterocycles. The first-order chi connectivity index (χ1) is 9.50. The van der Waals surface area contributed by atoms with E-state index in [0.29, 0.717) is 6.54 Å². The molecule has 0 radical (unpaired) electrons. The predicted molar refractivity (Wildman–Crippen MR) is 79.9 cm³/mol. The van der Waals surface area contributed by atoms with Crippen LogP contribution in [0.3, 0.4) is 0 Å². The average Bonchev–Trinajstić information content (AvgIpc) is 2.94. The summed E-state index contributed by atoms with van der Waals surface area (Å²) in [4.78, 5) is 15.6. The Hall–Kier alpha value is -0.910. The van der Waals surface area contributed by atoms with E-state index in [0.717, 1.165) is 19.3 Å². The second kappa shape index (κ2) is 6.24. The van der Waals surface area contributed by atoms with Crippen molar-refractivity contribution in [2.24, 2.45) is 5.41 Å². The van der Waals surface area contributed by atoms with Crippen molar-refractivity contribution in [3.8, 4) is 0 Å². The van der Waals surface area contributed by atoms with E-state index in [9.17, 15) is 15.0 Å². The smallest absolute Gasteiger partial charge is 0.229 e. The summed E-state index contributed by atoms with van der Waals surface area (Å²) in [6.45, 7) is 1.90. The zero-order valence-corrected chi connectivity index (χ0v) is 12.9. The van der Waals surface area contributed by atoms with Crippen LogP contribution in [0.25, 0.3) is 0 Å². The molecule has 0 saturated heterocycles. The largest absolute Gasteiger partial charge is 0.396 e. The van der Waals surface area contributed by atoms with Gasteiger partial charge in [0.1, 0.15) is 0 Å². The van der Waals surface area contributed by atoms with Gasteiger partial charge in [-0.1, -0.05) is 6.92 Å². The molecule has 0 saturated carbocycles. The van der Waals surface area contributed by atoms with Gasteiger partial charge in [0.25, 0.3) is 0 Å². The summed E-state index contributed by atoms with van der Waals surface area (Å²) >= 11 is 1.73. The van der Waals surface area contributed by atoms with Crippen LogP contribution in [0.2, 0.25) is 0 Å². The molecule has 1 aliphatic carbocycles. The summed E-state index contributed by atoms with van der Waals surface area (Å²) in [5.41, 5.74) is 0.532. The zero-order chi connectivity index (χ0) is 14.8. The van der Waals surface area contributed by atoms with E-state index in [4.69, 9.17) is 0 Å². The molecule has 1 unspecified atom stereocenters. The maximum Gasteiger partial charge on any atom is 0.229 e. The van der Waals surface area contributed by atoms with Gasteiger partial charge in [-0.15, -0.1) is 11.3 Å². The molecule has 0 spiro atoms. The monoisotopic (exact) mass is 297 g/mol. The Morgan fingerprint density at radius 2 is 2.20 bits per heavy atom. The number of aliphatic hydroxyl groups excluding tert-OH is 2. The number of carbonyl (C=O) groups excluding carboxylic acids is 1. The van der Waals surface area contributed by atoms with E-state index in [-0.39, 0.29) is 25.0 Å². The lowest BCUT2D eigenvalue weighted by Gasteiger charge is -2.33. The van der Waals surface area contributed by atoms with Crippen LogP contribution < -0.4 is 0 Å². The molecule has 112 valence electrons. The van der Waals surface area contributed by atoms with Crippen LogP contribution in [0, 0.1) is 5.41 Å². The number of hydrogen-bond donors (Lipinski definition) is 2. The maximum atomic E-state index is 12.6. The van der Waals surface area contributed by atoms with E-state index in [1.807, 2.05) is 0 Å². The van der Waals surface area contributed by atoms with Crippen molar-refractivity contribution >= 4 is 17.2 Å². The fourth-order valence-electron chi connectivity index (χ4n) is 2.81. The summed E-state index contributed by atoms with van der Waals surface area (Å²) in [7, 11) is 1.76. The molecule has 1 atom stereocenters. The number of aryl methyl sites for hydroxylation is 1. The van der Waals surface area contributed by atoms with Crippen LogP contribution >= 0.6 is 11.3 Å². The van der Waals surface area contributed by atoms with Crippen LogP contribution in [-0.4, -0.2) is 47.8 Å². The van der Waals surface area contributed by atoms with Gasteiger partial charge < -0.3 is 15.1 Å². The molecule has 0 fully saturated rings. The van der Waals surface area contributed by atoms with Gasteiger partial charge in [-0.25, -0.2) is 0 Å². The Labute approximate surface area is 124 Å². The number of likely N-dealkylation sites (N-methyl/N-ethyl adjacent to an activating group) is 1. The zero-order valence-electron chi connectivity index (χ0n) is 12.1. The van der Waals surface area contributed by atoms with Gasteiger partial charge in [-0.05, 0) is 36.3 Å². The van der Waals surface area contributed by atoms with Crippen molar-refractivity contribution in [3.05, 3.63) is 21.9 Å². The maximum absolute atomic E-state index is 12.6. The third-order valence-electron chi connectivity index (χ3n) is 4.11. The van der Waals surface area contributed by atoms with Crippen LogP contribution in [0.15, 0.2) is 11.4 Å². The van der Waals surface area contributed by atoms with Crippen molar-refractivity contribution in [3.63, 3.8) is 0 Å². The highest BCUT2D eigenvalue weighted by Gasteiger charge is 2.32. The first-order valence-electron chi connectivity index (χ1n) is 7.04. The van der Waals surface area contributed by atoms with Gasteiger partial charge in [0.15, 0.2) is 0 Å². The quantitative estimate of drug-likeness (QED) is 0.868. The van der Waals surface area contributed by atoms with Gasteiger partial charge in [0, 0.05) is 23.9 Å². The van der Waals surface area contributed by atoms with Crippen LogP contribution in [0.1, 0.15) is 36.1 Å². The Bertz CT molecular complexity index is 467. The molecule has 0 aliphatic heterocycles. The fourth-order valence-corrected chi connectivity index (χ4v) is 3.80. The number of fused-ring (bicyclic) bond motifs is 1. The summed E-state index contributed by atoms with van der Waals surface area (Å²) in [5, 5.41) is 20.8. The first-order valence-corrected chi connectivity index (χ1v) is 7.91. The second-order valence-electron chi connectivity index (χ2n) is 6.07. The lowest BCUT2D eigenvalue weighted by molar-refractivity contribution is -0.134. The molecule has 4 nitrogen and oxygen atoms in total. The Kier molecular flexibility index (Phi) is 4.83. The number of rotatable bonds is 5. The van der Waals surface area contributed by atoms with Crippen molar-refractivity contribution in [2.45, 2.75) is 32.1 Å². The molecular formula is C15H23NO3S. The average molecular weight is 297 g/mol. The Morgan fingerprint density at radius 3 is 2.85 bits per heavy atom. The first kappa shape index (κ1) is 15.5. The Balaban J connectivity index is 2.09. The molecular weight excluding hydrogens is 274 g/mol.